The maximum atomic E-state index is 11.5. The third-order valence-electron chi connectivity index (χ3n) is 1.78. The SMILES string of the molecule is C=CC1Oc2ccccc2S(=O)(=O)O1. The Balaban J connectivity index is 2.58. The molecule has 1 heterocycles. The van der Waals surface area contributed by atoms with E-state index in [0.29, 0.717) is 5.75 Å². The van der Waals surface area contributed by atoms with Crippen LogP contribution in [0.3, 0.4) is 0 Å². The Bertz CT molecular complexity index is 463. The van der Waals surface area contributed by atoms with Gasteiger partial charge in [-0.2, -0.15) is 8.42 Å². The third kappa shape index (κ3) is 1.40. The number of rotatable bonds is 1. The van der Waals surface area contributed by atoms with Gasteiger partial charge < -0.3 is 4.74 Å². The van der Waals surface area contributed by atoms with Crippen LogP contribution in [0.4, 0.5) is 0 Å². The lowest BCUT2D eigenvalue weighted by Crippen LogP contribution is -2.27. The lowest BCUT2D eigenvalue weighted by molar-refractivity contribution is 0.0388. The van der Waals surface area contributed by atoms with Gasteiger partial charge in [-0.1, -0.05) is 18.7 Å². The molecular formula is C9H8O4S. The summed E-state index contributed by atoms with van der Waals surface area (Å²) in [6, 6.07) is 6.31. The van der Waals surface area contributed by atoms with Gasteiger partial charge in [0, 0.05) is 0 Å². The first kappa shape index (κ1) is 9.23. The number of ether oxygens (including phenoxy) is 1. The van der Waals surface area contributed by atoms with Crippen molar-refractivity contribution in [1.82, 2.24) is 0 Å². The van der Waals surface area contributed by atoms with Crippen molar-refractivity contribution in [2.45, 2.75) is 11.2 Å². The van der Waals surface area contributed by atoms with Gasteiger partial charge in [0.25, 0.3) is 0 Å². The highest BCUT2D eigenvalue weighted by atomic mass is 32.2. The second kappa shape index (κ2) is 3.11. The smallest absolute Gasteiger partial charge is 0.304 e. The lowest BCUT2D eigenvalue weighted by atomic mass is 10.3. The molecule has 4 nitrogen and oxygen atoms in total. The molecule has 14 heavy (non-hydrogen) atoms. The first-order chi connectivity index (χ1) is 6.63. The summed E-state index contributed by atoms with van der Waals surface area (Å²) >= 11 is 0. The highest BCUT2D eigenvalue weighted by Crippen LogP contribution is 2.31. The van der Waals surface area contributed by atoms with Crippen molar-refractivity contribution in [2.75, 3.05) is 0 Å². The summed E-state index contributed by atoms with van der Waals surface area (Å²) in [7, 11) is -3.70. The highest BCUT2D eigenvalue weighted by molar-refractivity contribution is 7.87. The Morgan fingerprint density at radius 2 is 2.07 bits per heavy atom. The summed E-state index contributed by atoms with van der Waals surface area (Å²) in [4.78, 5) is 0.0538. The van der Waals surface area contributed by atoms with E-state index in [-0.39, 0.29) is 4.90 Å². The standard InChI is InChI=1S/C9H8O4S/c1-2-9-12-7-5-3-4-6-8(7)14(10,11)13-9/h2-6,9H,1H2. The molecule has 74 valence electrons. The molecule has 0 saturated heterocycles. The molecule has 0 aromatic heterocycles. The lowest BCUT2D eigenvalue weighted by Gasteiger charge is -2.22. The molecule has 1 aromatic carbocycles. The zero-order valence-electron chi connectivity index (χ0n) is 7.21. The minimum absolute atomic E-state index is 0.0538. The monoisotopic (exact) mass is 212 g/mol. The molecule has 0 saturated carbocycles. The van der Waals surface area contributed by atoms with Gasteiger partial charge in [-0.25, -0.2) is 4.18 Å². The van der Waals surface area contributed by atoms with Crippen LogP contribution >= 0.6 is 0 Å². The van der Waals surface area contributed by atoms with E-state index in [0.717, 1.165) is 0 Å². The van der Waals surface area contributed by atoms with Gasteiger partial charge in [0.2, 0.25) is 6.29 Å². The zero-order chi connectivity index (χ0) is 10.2. The molecule has 1 atom stereocenters. The normalized spacial score (nSPS) is 23.3. The topological polar surface area (TPSA) is 52.6 Å². The molecular weight excluding hydrogens is 204 g/mol. The molecule has 0 spiro atoms. The average molecular weight is 212 g/mol. The van der Waals surface area contributed by atoms with Crippen molar-refractivity contribution < 1.29 is 17.3 Å². The summed E-state index contributed by atoms with van der Waals surface area (Å²) in [6.07, 6.45) is 0.350. The van der Waals surface area contributed by atoms with Crippen LogP contribution < -0.4 is 4.74 Å². The Kier molecular flexibility index (Phi) is 2.05. The fourth-order valence-corrected chi connectivity index (χ4v) is 2.24. The molecule has 0 amide bonds. The zero-order valence-corrected chi connectivity index (χ0v) is 8.03. The van der Waals surface area contributed by atoms with Crippen molar-refractivity contribution >= 4 is 10.1 Å². The Morgan fingerprint density at radius 3 is 2.79 bits per heavy atom. The summed E-state index contributed by atoms with van der Waals surface area (Å²) in [5.41, 5.74) is 0. The van der Waals surface area contributed by atoms with E-state index >= 15 is 0 Å². The van der Waals surface area contributed by atoms with Gasteiger partial charge in [-0.3, -0.25) is 0 Å². The van der Waals surface area contributed by atoms with E-state index in [9.17, 15) is 8.42 Å². The summed E-state index contributed by atoms with van der Waals surface area (Å²) in [6.45, 7) is 3.41. The van der Waals surface area contributed by atoms with Crippen LogP contribution in [0.1, 0.15) is 0 Å². The van der Waals surface area contributed by atoms with E-state index in [1.807, 2.05) is 0 Å². The fourth-order valence-electron chi connectivity index (χ4n) is 1.16. The van der Waals surface area contributed by atoms with Gasteiger partial charge in [0.15, 0.2) is 0 Å². The second-order valence-electron chi connectivity index (χ2n) is 2.72. The maximum absolute atomic E-state index is 11.5. The molecule has 1 aromatic rings. The summed E-state index contributed by atoms with van der Waals surface area (Å²) in [5.74, 6) is 0.295. The predicted molar refractivity (Wildman–Crippen MR) is 49.3 cm³/mol. The van der Waals surface area contributed by atoms with Crippen LogP contribution in [0, 0.1) is 0 Å². The molecule has 1 aliphatic rings. The predicted octanol–water partition coefficient (Wildman–Crippen LogP) is 1.30. The Labute approximate surface area is 81.9 Å². The van der Waals surface area contributed by atoms with E-state index in [1.54, 1.807) is 18.2 Å². The average Bonchev–Trinajstić information content (AvgIpc) is 2.17. The third-order valence-corrected chi connectivity index (χ3v) is 3.09. The van der Waals surface area contributed by atoms with E-state index < -0.39 is 16.4 Å². The van der Waals surface area contributed by atoms with Crippen LogP contribution in [0.25, 0.3) is 0 Å². The van der Waals surface area contributed by atoms with Crippen molar-refractivity contribution in [3.63, 3.8) is 0 Å². The minimum atomic E-state index is -3.70. The molecule has 0 fully saturated rings. The first-order valence-electron chi connectivity index (χ1n) is 3.95. The molecule has 2 rings (SSSR count). The number of fused-ring (bicyclic) bond motifs is 1. The van der Waals surface area contributed by atoms with Crippen molar-refractivity contribution in [1.29, 1.82) is 0 Å². The quantitative estimate of drug-likeness (QED) is 0.520. The van der Waals surface area contributed by atoms with Crippen LogP contribution in [0.2, 0.25) is 0 Å². The molecule has 5 heteroatoms. The van der Waals surface area contributed by atoms with Crippen LogP contribution in [0.15, 0.2) is 41.8 Å². The van der Waals surface area contributed by atoms with Crippen LogP contribution in [-0.2, 0) is 14.3 Å². The molecule has 1 unspecified atom stereocenters. The van der Waals surface area contributed by atoms with Crippen LogP contribution in [-0.4, -0.2) is 14.7 Å². The van der Waals surface area contributed by atoms with Gasteiger partial charge in [0.05, 0.1) is 0 Å². The Morgan fingerprint density at radius 1 is 1.36 bits per heavy atom. The second-order valence-corrected chi connectivity index (χ2v) is 4.26. The van der Waals surface area contributed by atoms with Crippen molar-refractivity contribution in [3.05, 3.63) is 36.9 Å². The van der Waals surface area contributed by atoms with Gasteiger partial charge >= 0.3 is 10.1 Å². The number of para-hydroxylation sites is 1. The van der Waals surface area contributed by atoms with Crippen molar-refractivity contribution in [2.24, 2.45) is 0 Å². The summed E-state index contributed by atoms with van der Waals surface area (Å²) < 4.78 is 32.9. The number of hydrogen-bond acceptors (Lipinski definition) is 4. The molecule has 0 radical (unpaired) electrons. The Hall–Kier alpha value is -1.33. The molecule has 0 bridgehead atoms. The molecule has 0 N–H and O–H groups in total. The van der Waals surface area contributed by atoms with Crippen LogP contribution in [0.5, 0.6) is 5.75 Å². The van der Waals surface area contributed by atoms with E-state index in [1.165, 1.54) is 12.1 Å². The largest absolute Gasteiger partial charge is 0.459 e. The number of hydrogen-bond donors (Lipinski definition) is 0. The molecule has 1 aliphatic heterocycles. The fraction of sp³-hybridized carbons (Fsp3) is 0.111. The van der Waals surface area contributed by atoms with Crippen molar-refractivity contribution in [3.8, 4) is 5.75 Å². The first-order valence-corrected chi connectivity index (χ1v) is 5.36. The minimum Gasteiger partial charge on any atom is -0.459 e. The molecule has 0 aliphatic carbocycles. The van der Waals surface area contributed by atoms with E-state index in [2.05, 4.69) is 10.8 Å². The maximum Gasteiger partial charge on any atom is 0.304 e. The van der Waals surface area contributed by atoms with E-state index in [4.69, 9.17) is 4.74 Å². The number of benzene rings is 1. The van der Waals surface area contributed by atoms with Gasteiger partial charge in [-0.15, -0.1) is 0 Å². The van der Waals surface area contributed by atoms with Gasteiger partial charge in [-0.05, 0) is 18.2 Å². The summed E-state index contributed by atoms with van der Waals surface area (Å²) in [5, 5.41) is 0. The highest BCUT2D eigenvalue weighted by Gasteiger charge is 2.30. The van der Waals surface area contributed by atoms with Gasteiger partial charge in [0.1, 0.15) is 10.6 Å².